The summed E-state index contributed by atoms with van der Waals surface area (Å²) in [6, 6.07) is 5.23. The lowest BCUT2D eigenvalue weighted by Crippen LogP contribution is -1.83. The molecule has 0 radical (unpaired) electrons. The van der Waals surface area contributed by atoms with Gasteiger partial charge in [-0.2, -0.15) is 0 Å². The predicted octanol–water partition coefficient (Wildman–Crippen LogP) is 3.64. The second-order valence-corrected chi connectivity index (χ2v) is 3.92. The zero-order valence-corrected chi connectivity index (χ0v) is 8.25. The number of hydrogen-bond donors (Lipinski definition) is 0. The Morgan fingerprint density at radius 1 is 1.42 bits per heavy atom. The molecule has 0 spiro atoms. The van der Waals surface area contributed by atoms with Crippen molar-refractivity contribution in [1.82, 2.24) is 0 Å². The van der Waals surface area contributed by atoms with E-state index in [-0.39, 0.29) is 5.82 Å². The van der Waals surface area contributed by atoms with Crippen molar-refractivity contribution < 1.29 is 4.39 Å². The molecule has 0 atom stereocenters. The molecule has 0 amide bonds. The Morgan fingerprint density at radius 3 is 2.83 bits per heavy atom. The second kappa shape index (κ2) is 4.51. The maximum absolute atomic E-state index is 13.1. The molecule has 0 aromatic heterocycles. The highest BCUT2D eigenvalue weighted by Crippen LogP contribution is 2.23. The standard InChI is InChI=1S/C10H13FS/c1-3-6-12-10-7-8(2)4-5-9(10)11/h4-5,7H,3,6H2,1-2H3. The van der Waals surface area contributed by atoms with E-state index in [4.69, 9.17) is 0 Å². The van der Waals surface area contributed by atoms with Crippen LogP contribution in [0.15, 0.2) is 23.1 Å². The van der Waals surface area contributed by atoms with Crippen LogP contribution in [0.4, 0.5) is 4.39 Å². The molecule has 0 aliphatic heterocycles. The highest BCUT2D eigenvalue weighted by atomic mass is 32.2. The highest BCUT2D eigenvalue weighted by Gasteiger charge is 2.00. The Hall–Kier alpha value is -0.500. The van der Waals surface area contributed by atoms with Crippen LogP contribution in [0.3, 0.4) is 0 Å². The molecule has 0 saturated heterocycles. The van der Waals surface area contributed by atoms with E-state index >= 15 is 0 Å². The zero-order valence-electron chi connectivity index (χ0n) is 7.43. The van der Waals surface area contributed by atoms with Gasteiger partial charge in [0.05, 0.1) is 0 Å². The summed E-state index contributed by atoms with van der Waals surface area (Å²) < 4.78 is 13.1. The summed E-state index contributed by atoms with van der Waals surface area (Å²) >= 11 is 1.59. The molecule has 1 aromatic rings. The van der Waals surface area contributed by atoms with Gasteiger partial charge in [0.1, 0.15) is 5.82 Å². The summed E-state index contributed by atoms with van der Waals surface area (Å²) in [6.07, 6.45) is 1.08. The smallest absolute Gasteiger partial charge is 0.136 e. The van der Waals surface area contributed by atoms with E-state index < -0.39 is 0 Å². The van der Waals surface area contributed by atoms with E-state index in [1.54, 1.807) is 17.8 Å². The Bertz CT molecular complexity index is 258. The van der Waals surface area contributed by atoms with Crippen LogP contribution in [0, 0.1) is 12.7 Å². The van der Waals surface area contributed by atoms with Crippen LogP contribution in [0.2, 0.25) is 0 Å². The molecule has 0 heterocycles. The normalized spacial score (nSPS) is 10.2. The molecule has 66 valence electrons. The second-order valence-electron chi connectivity index (χ2n) is 2.78. The van der Waals surface area contributed by atoms with Crippen LogP contribution in [0.5, 0.6) is 0 Å². The van der Waals surface area contributed by atoms with Gasteiger partial charge in [-0.05, 0) is 36.8 Å². The molecule has 0 aliphatic carbocycles. The fraction of sp³-hybridized carbons (Fsp3) is 0.400. The van der Waals surface area contributed by atoms with Gasteiger partial charge in [0.25, 0.3) is 0 Å². The van der Waals surface area contributed by atoms with Crippen LogP contribution >= 0.6 is 11.8 Å². The topological polar surface area (TPSA) is 0 Å². The van der Waals surface area contributed by atoms with Crippen LogP contribution in [0.1, 0.15) is 18.9 Å². The van der Waals surface area contributed by atoms with Crippen molar-refractivity contribution in [3.8, 4) is 0 Å². The molecule has 0 N–H and O–H groups in total. The van der Waals surface area contributed by atoms with Crippen molar-refractivity contribution in [3.63, 3.8) is 0 Å². The lowest BCUT2D eigenvalue weighted by atomic mass is 10.2. The SMILES string of the molecule is CCCSc1cc(C)ccc1F. The van der Waals surface area contributed by atoms with E-state index in [9.17, 15) is 4.39 Å². The molecular formula is C10H13FS. The van der Waals surface area contributed by atoms with Gasteiger partial charge in [-0.1, -0.05) is 13.0 Å². The quantitative estimate of drug-likeness (QED) is 0.646. The molecule has 0 bridgehead atoms. The molecule has 12 heavy (non-hydrogen) atoms. The zero-order chi connectivity index (χ0) is 8.97. The fourth-order valence-electron chi connectivity index (χ4n) is 0.933. The van der Waals surface area contributed by atoms with Gasteiger partial charge >= 0.3 is 0 Å². The minimum Gasteiger partial charge on any atom is -0.206 e. The summed E-state index contributed by atoms with van der Waals surface area (Å²) in [4.78, 5) is 0.775. The Kier molecular flexibility index (Phi) is 3.60. The largest absolute Gasteiger partial charge is 0.206 e. The first-order valence-corrected chi connectivity index (χ1v) is 5.11. The van der Waals surface area contributed by atoms with Crippen molar-refractivity contribution in [2.75, 3.05) is 5.75 Å². The molecule has 0 unspecified atom stereocenters. The van der Waals surface area contributed by atoms with E-state index in [0.717, 1.165) is 22.6 Å². The van der Waals surface area contributed by atoms with Crippen LogP contribution < -0.4 is 0 Å². The van der Waals surface area contributed by atoms with Gasteiger partial charge in [-0.15, -0.1) is 11.8 Å². The average Bonchev–Trinajstić information content (AvgIpc) is 2.07. The molecule has 0 fully saturated rings. The van der Waals surface area contributed by atoms with Gasteiger partial charge in [-0.3, -0.25) is 0 Å². The van der Waals surface area contributed by atoms with Gasteiger partial charge in [0.2, 0.25) is 0 Å². The third kappa shape index (κ3) is 2.52. The Labute approximate surface area is 77.2 Å². The van der Waals surface area contributed by atoms with Crippen LogP contribution in [0.25, 0.3) is 0 Å². The fourth-order valence-corrected chi connectivity index (χ4v) is 1.83. The maximum atomic E-state index is 13.1. The van der Waals surface area contributed by atoms with Crippen molar-refractivity contribution >= 4 is 11.8 Å². The number of aryl methyl sites for hydroxylation is 1. The molecule has 1 aromatic carbocycles. The molecular weight excluding hydrogens is 171 g/mol. The molecule has 0 nitrogen and oxygen atoms in total. The number of halogens is 1. The van der Waals surface area contributed by atoms with E-state index in [1.165, 1.54) is 6.07 Å². The van der Waals surface area contributed by atoms with E-state index in [2.05, 4.69) is 6.92 Å². The lowest BCUT2D eigenvalue weighted by molar-refractivity contribution is 0.601. The Morgan fingerprint density at radius 2 is 2.17 bits per heavy atom. The summed E-state index contributed by atoms with van der Waals surface area (Å²) in [5, 5.41) is 0. The van der Waals surface area contributed by atoms with Crippen molar-refractivity contribution in [2.45, 2.75) is 25.2 Å². The van der Waals surface area contributed by atoms with Crippen molar-refractivity contribution in [2.24, 2.45) is 0 Å². The molecule has 0 aliphatic rings. The van der Waals surface area contributed by atoms with E-state index in [1.807, 2.05) is 13.0 Å². The third-order valence-electron chi connectivity index (χ3n) is 1.55. The van der Waals surface area contributed by atoms with Crippen LogP contribution in [-0.4, -0.2) is 5.75 Å². The van der Waals surface area contributed by atoms with Crippen molar-refractivity contribution in [1.29, 1.82) is 0 Å². The minimum atomic E-state index is -0.0981. The van der Waals surface area contributed by atoms with Gasteiger partial charge in [-0.25, -0.2) is 4.39 Å². The van der Waals surface area contributed by atoms with E-state index in [0.29, 0.717) is 0 Å². The highest BCUT2D eigenvalue weighted by molar-refractivity contribution is 7.99. The van der Waals surface area contributed by atoms with Gasteiger partial charge < -0.3 is 0 Å². The average molecular weight is 184 g/mol. The molecule has 1 rings (SSSR count). The first-order valence-electron chi connectivity index (χ1n) is 4.13. The molecule has 0 saturated carbocycles. The lowest BCUT2D eigenvalue weighted by Gasteiger charge is -2.02. The Balaban J connectivity index is 2.75. The summed E-state index contributed by atoms with van der Waals surface area (Å²) in [7, 11) is 0. The first-order chi connectivity index (χ1) is 5.74. The van der Waals surface area contributed by atoms with Gasteiger partial charge in [0.15, 0.2) is 0 Å². The van der Waals surface area contributed by atoms with Crippen LogP contribution in [-0.2, 0) is 0 Å². The summed E-state index contributed by atoms with van der Waals surface area (Å²) in [5.74, 6) is 0.888. The minimum absolute atomic E-state index is 0.0981. The predicted molar refractivity (Wildman–Crippen MR) is 52.2 cm³/mol. The van der Waals surface area contributed by atoms with Gasteiger partial charge in [0, 0.05) is 4.90 Å². The maximum Gasteiger partial charge on any atom is 0.136 e. The number of benzene rings is 1. The number of rotatable bonds is 3. The number of hydrogen-bond acceptors (Lipinski definition) is 1. The van der Waals surface area contributed by atoms with Crippen molar-refractivity contribution in [3.05, 3.63) is 29.6 Å². The third-order valence-corrected chi connectivity index (χ3v) is 2.78. The first kappa shape index (κ1) is 9.59. The molecule has 2 heteroatoms. The summed E-state index contributed by atoms with van der Waals surface area (Å²) in [5.41, 5.74) is 1.12. The number of thioether (sulfide) groups is 1. The summed E-state index contributed by atoms with van der Waals surface area (Å²) in [6.45, 7) is 4.08. The monoisotopic (exact) mass is 184 g/mol.